The Morgan fingerprint density at radius 1 is 1.61 bits per heavy atom. The van der Waals surface area contributed by atoms with E-state index < -0.39 is 0 Å². The van der Waals surface area contributed by atoms with Crippen molar-refractivity contribution in [3.05, 3.63) is 28.3 Å². The molecular weight excluding hydrogens is 252 g/mol. The minimum absolute atomic E-state index is 0.0547. The lowest BCUT2D eigenvalue weighted by Gasteiger charge is -2.32. The summed E-state index contributed by atoms with van der Waals surface area (Å²) in [6, 6.07) is 5.18. The van der Waals surface area contributed by atoms with Gasteiger partial charge in [-0.1, -0.05) is 13.0 Å². The number of rotatable bonds is 3. The summed E-state index contributed by atoms with van der Waals surface area (Å²) in [7, 11) is 0. The highest BCUT2D eigenvalue weighted by Gasteiger charge is 2.26. The van der Waals surface area contributed by atoms with Crippen molar-refractivity contribution < 1.29 is 4.92 Å². The van der Waals surface area contributed by atoms with Gasteiger partial charge in [0, 0.05) is 24.1 Å². The molecule has 0 saturated carbocycles. The Kier molecular flexibility index (Phi) is 3.93. The van der Waals surface area contributed by atoms with Crippen molar-refractivity contribution in [2.75, 3.05) is 29.2 Å². The van der Waals surface area contributed by atoms with Crippen LogP contribution in [-0.2, 0) is 0 Å². The van der Waals surface area contributed by atoms with Crippen LogP contribution in [0.4, 0.5) is 17.1 Å². The third-order valence-corrected chi connectivity index (χ3v) is 4.07. The van der Waals surface area contributed by atoms with Crippen LogP contribution < -0.4 is 16.2 Å². The number of nitrogen functional groups attached to an aromatic ring is 1. The number of thioether (sulfide) groups is 1. The first kappa shape index (κ1) is 13.0. The van der Waals surface area contributed by atoms with Gasteiger partial charge in [-0.25, -0.2) is 0 Å². The second kappa shape index (κ2) is 5.45. The normalized spacial score (nSPS) is 19.7. The molecule has 1 aromatic rings. The van der Waals surface area contributed by atoms with Crippen LogP contribution in [0.1, 0.15) is 6.92 Å². The molecule has 98 valence electrons. The summed E-state index contributed by atoms with van der Waals surface area (Å²) in [5, 5.41) is 11.7. The standard InChI is InChI=1S/C11H16N4O2S/c1-8-7-14(5-6-18-8)10-4-2-3-9(13-12)11(10)15(16)17/h2-4,8,13H,5-7,12H2,1H3. The highest BCUT2D eigenvalue weighted by atomic mass is 32.2. The highest BCUT2D eigenvalue weighted by Crippen LogP contribution is 2.36. The van der Waals surface area contributed by atoms with Crippen LogP contribution in [0.5, 0.6) is 0 Å². The monoisotopic (exact) mass is 268 g/mol. The van der Waals surface area contributed by atoms with E-state index in [0.717, 1.165) is 18.8 Å². The molecule has 0 spiro atoms. The van der Waals surface area contributed by atoms with Crippen LogP contribution >= 0.6 is 11.8 Å². The third-order valence-electron chi connectivity index (χ3n) is 2.93. The molecule has 7 heteroatoms. The molecule has 1 unspecified atom stereocenters. The van der Waals surface area contributed by atoms with Crippen LogP contribution in [-0.4, -0.2) is 29.0 Å². The van der Waals surface area contributed by atoms with E-state index in [-0.39, 0.29) is 10.6 Å². The Labute approximate surface area is 110 Å². The van der Waals surface area contributed by atoms with Gasteiger partial charge < -0.3 is 10.3 Å². The van der Waals surface area contributed by atoms with Crippen molar-refractivity contribution in [2.45, 2.75) is 12.2 Å². The number of hydrogen-bond donors (Lipinski definition) is 2. The average Bonchev–Trinajstić information content (AvgIpc) is 2.37. The van der Waals surface area contributed by atoms with Crippen LogP contribution in [0.2, 0.25) is 0 Å². The van der Waals surface area contributed by atoms with E-state index in [4.69, 9.17) is 5.84 Å². The topological polar surface area (TPSA) is 84.4 Å². The van der Waals surface area contributed by atoms with Gasteiger partial charge in [-0.2, -0.15) is 11.8 Å². The predicted molar refractivity (Wildman–Crippen MR) is 75.0 cm³/mol. The molecule has 0 radical (unpaired) electrons. The van der Waals surface area contributed by atoms with Gasteiger partial charge in [-0.05, 0) is 12.1 Å². The van der Waals surface area contributed by atoms with E-state index >= 15 is 0 Å². The number of benzene rings is 1. The molecule has 2 rings (SSSR count). The van der Waals surface area contributed by atoms with E-state index in [0.29, 0.717) is 16.6 Å². The average molecular weight is 268 g/mol. The molecule has 0 bridgehead atoms. The zero-order valence-electron chi connectivity index (χ0n) is 10.1. The number of nitro groups is 1. The first-order valence-electron chi connectivity index (χ1n) is 5.74. The Morgan fingerprint density at radius 3 is 3.00 bits per heavy atom. The Morgan fingerprint density at radius 2 is 2.39 bits per heavy atom. The van der Waals surface area contributed by atoms with Crippen molar-refractivity contribution in [1.29, 1.82) is 0 Å². The van der Waals surface area contributed by atoms with E-state index in [9.17, 15) is 10.1 Å². The maximum absolute atomic E-state index is 11.2. The molecule has 1 aliphatic heterocycles. The van der Waals surface area contributed by atoms with Crippen molar-refractivity contribution in [1.82, 2.24) is 0 Å². The van der Waals surface area contributed by atoms with Crippen LogP contribution in [0.25, 0.3) is 0 Å². The predicted octanol–water partition coefficient (Wildman–Crippen LogP) is 1.82. The molecular formula is C11H16N4O2S. The van der Waals surface area contributed by atoms with Gasteiger partial charge in [-0.3, -0.25) is 16.0 Å². The van der Waals surface area contributed by atoms with Crippen LogP contribution in [0.3, 0.4) is 0 Å². The number of nitrogens with two attached hydrogens (primary N) is 1. The maximum Gasteiger partial charge on any atom is 0.316 e. The zero-order valence-corrected chi connectivity index (χ0v) is 10.9. The molecule has 1 saturated heterocycles. The lowest BCUT2D eigenvalue weighted by Crippen LogP contribution is -2.37. The Hall–Kier alpha value is -1.47. The van der Waals surface area contributed by atoms with Crippen LogP contribution in [0.15, 0.2) is 18.2 Å². The summed E-state index contributed by atoms with van der Waals surface area (Å²) in [4.78, 5) is 12.9. The smallest absolute Gasteiger partial charge is 0.316 e. The summed E-state index contributed by atoms with van der Waals surface area (Å²) in [6.07, 6.45) is 0. The minimum Gasteiger partial charge on any atom is -0.364 e. The molecule has 1 fully saturated rings. The van der Waals surface area contributed by atoms with Crippen molar-refractivity contribution in [3.63, 3.8) is 0 Å². The molecule has 18 heavy (non-hydrogen) atoms. The zero-order chi connectivity index (χ0) is 13.1. The molecule has 0 aliphatic carbocycles. The number of para-hydroxylation sites is 1. The fourth-order valence-electron chi connectivity index (χ4n) is 2.13. The van der Waals surface area contributed by atoms with Gasteiger partial charge in [0.15, 0.2) is 0 Å². The van der Waals surface area contributed by atoms with Gasteiger partial charge in [0.25, 0.3) is 0 Å². The van der Waals surface area contributed by atoms with Gasteiger partial charge in [0.1, 0.15) is 11.4 Å². The largest absolute Gasteiger partial charge is 0.364 e. The van der Waals surface area contributed by atoms with E-state index in [1.165, 1.54) is 0 Å². The van der Waals surface area contributed by atoms with E-state index in [2.05, 4.69) is 17.2 Å². The summed E-state index contributed by atoms with van der Waals surface area (Å²) in [6.45, 7) is 3.77. The van der Waals surface area contributed by atoms with Crippen molar-refractivity contribution >= 4 is 28.8 Å². The number of nitrogens with zero attached hydrogens (tertiary/aromatic N) is 2. The number of nitrogens with one attached hydrogen (secondary N) is 1. The minimum atomic E-state index is -0.378. The molecule has 0 amide bonds. The molecule has 0 aromatic heterocycles. The van der Waals surface area contributed by atoms with Gasteiger partial charge in [-0.15, -0.1) is 0 Å². The van der Waals surface area contributed by atoms with Gasteiger partial charge >= 0.3 is 5.69 Å². The lowest BCUT2D eigenvalue weighted by molar-refractivity contribution is -0.383. The van der Waals surface area contributed by atoms with Gasteiger partial charge in [0.05, 0.1) is 4.92 Å². The Bertz CT molecular complexity index is 455. The Balaban J connectivity index is 2.40. The van der Waals surface area contributed by atoms with Gasteiger partial charge in [0.2, 0.25) is 0 Å². The second-order valence-electron chi connectivity index (χ2n) is 4.20. The first-order valence-corrected chi connectivity index (χ1v) is 6.79. The van der Waals surface area contributed by atoms with Crippen LogP contribution in [0, 0.1) is 10.1 Å². The summed E-state index contributed by atoms with van der Waals surface area (Å²) >= 11 is 1.89. The van der Waals surface area contributed by atoms with E-state index in [1.807, 2.05) is 11.8 Å². The number of anilines is 2. The molecule has 1 aliphatic rings. The summed E-state index contributed by atoms with van der Waals surface area (Å²) < 4.78 is 0. The molecule has 1 aromatic carbocycles. The van der Waals surface area contributed by atoms with Crippen molar-refractivity contribution in [3.8, 4) is 0 Å². The number of nitro benzene ring substituents is 1. The number of hydrazine groups is 1. The van der Waals surface area contributed by atoms with E-state index in [1.54, 1.807) is 18.2 Å². The quantitative estimate of drug-likeness (QED) is 0.494. The lowest BCUT2D eigenvalue weighted by atomic mass is 10.2. The van der Waals surface area contributed by atoms with Crippen molar-refractivity contribution in [2.24, 2.45) is 5.84 Å². The molecule has 1 atom stereocenters. The molecule has 6 nitrogen and oxygen atoms in total. The summed E-state index contributed by atoms with van der Waals surface area (Å²) in [5.74, 6) is 6.32. The first-order chi connectivity index (χ1) is 8.63. The fraction of sp³-hybridized carbons (Fsp3) is 0.455. The SMILES string of the molecule is CC1CN(c2cccc(NN)c2[N+](=O)[O-])CCS1. The summed E-state index contributed by atoms with van der Waals surface area (Å²) in [5.41, 5.74) is 3.44. The fourth-order valence-corrected chi connectivity index (χ4v) is 3.15. The molecule has 3 N–H and O–H groups in total. The number of hydrogen-bond acceptors (Lipinski definition) is 6. The maximum atomic E-state index is 11.2. The third kappa shape index (κ3) is 2.51. The molecule has 1 heterocycles. The second-order valence-corrected chi connectivity index (χ2v) is 5.75. The highest BCUT2D eigenvalue weighted by molar-refractivity contribution is 8.00.